The van der Waals surface area contributed by atoms with Crippen LogP contribution < -0.4 is 11.1 Å². The van der Waals surface area contributed by atoms with Crippen LogP contribution in [0, 0.1) is 22.9 Å². The molecule has 2 heterocycles. The number of non-ortho nitro benzene ring substituents is 1. The summed E-state index contributed by atoms with van der Waals surface area (Å²) in [5.74, 6) is -1.68. The van der Waals surface area contributed by atoms with E-state index in [1.54, 1.807) is 6.92 Å². The van der Waals surface area contributed by atoms with Crippen molar-refractivity contribution in [1.29, 1.82) is 0 Å². The summed E-state index contributed by atoms with van der Waals surface area (Å²) in [4.78, 5) is 34.7. The smallest absolute Gasteiger partial charge is 0.407 e. The van der Waals surface area contributed by atoms with Crippen molar-refractivity contribution >= 4 is 28.4 Å². The van der Waals surface area contributed by atoms with Gasteiger partial charge in [0.15, 0.2) is 11.4 Å². The zero-order valence-electron chi connectivity index (χ0n) is 15.3. The zero-order chi connectivity index (χ0) is 21.4. The minimum atomic E-state index is -0.843. The van der Waals surface area contributed by atoms with Crippen LogP contribution in [0.4, 0.5) is 15.8 Å². The maximum atomic E-state index is 14.1. The molecule has 30 heavy (non-hydrogen) atoms. The minimum Gasteiger partial charge on any atom is -0.407 e. The third-order valence-electron chi connectivity index (χ3n) is 4.25. The fourth-order valence-corrected chi connectivity index (χ4v) is 2.87. The van der Waals surface area contributed by atoms with Crippen molar-refractivity contribution in [3.8, 4) is 5.69 Å². The molecular formula is C17H12FN7O5. The average molecular weight is 413 g/mol. The van der Waals surface area contributed by atoms with E-state index in [0.717, 1.165) is 16.7 Å². The highest BCUT2D eigenvalue weighted by atomic mass is 19.1. The first-order valence-electron chi connectivity index (χ1n) is 8.46. The number of carbonyl (C=O) groups is 1. The van der Waals surface area contributed by atoms with Crippen LogP contribution in [0.25, 0.3) is 16.8 Å². The summed E-state index contributed by atoms with van der Waals surface area (Å²) < 4.78 is 21.3. The first kappa shape index (κ1) is 18.9. The summed E-state index contributed by atoms with van der Waals surface area (Å²) in [5.41, 5.74) is 0.256. The van der Waals surface area contributed by atoms with Crippen molar-refractivity contribution in [2.75, 3.05) is 5.32 Å². The van der Waals surface area contributed by atoms with E-state index in [2.05, 4.69) is 20.8 Å². The third kappa shape index (κ3) is 3.39. The molecule has 4 aromatic rings. The van der Waals surface area contributed by atoms with Gasteiger partial charge in [-0.25, -0.2) is 9.18 Å². The molecule has 0 aliphatic heterocycles. The monoisotopic (exact) mass is 413 g/mol. The molecule has 0 saturated heterocycles. The molecule has 0 atom stereocenters. The number of nitrogens with zero attached hydrogens (tertiary/aromatic N) is 6. The fourth-order valence-electron chi connectivity index (χ4n) is 2.87. The summed E-state index contributed by atoms with van der Waals surface area (Å²) in [7, 11) is 0. The lowest BCUT2D eigenvalue weighted by atomic mass is 10.2. The topological polar surface area (TPSA) is 151 Å². The van der Waals surface area contributed by atoms with Crippen molar-refractivity contribution in [1.82, 2.24) is 24.8 Å². The second-order valence-corrected chi connectivity index (χ2v) is 6.22. The molecule has 4 rings (SSSR count). The number of hydrogen-bond acceptors (Lipinski definition) is 8. The Balaban J connectivity index is 1.59. The lowest BCUT2D eigenvalue weighted by Gasteiger charge is -2.09. The number of aryl methyl sites for hydroxylation is 1. The predicted octanol–water partition coefficient (Wildman–Crippen LogP) is 1.56. The average Bonchev–Trinajstić information content (AvgIpc) is 3.26. The molecule has 0 bridgehead atoms. The van der Waals surface area contributed by atoms with Crippen LogP contribution in [-0.4, -0.2) is 35.6 Å². The number of rotatable bonds is 5. The van der Waals surface area contributed by atoms with E-state index in [1.165, 1.54) is 28.9 Å². The summed E-state index contributed by atoms with van der Waals surface area (Å²) in [6, 6.07) is 7.46. The van der Waals surface area contributed by atoms with Crippen molar-refractivity contribution in [2.45, 2.75) is 13.5 Å². The minimum absolute atomic E-state index is 0.0137. The summed E-state index contributed by atoms with van der Waals surface area (Å²) in [6.07, 6.45) is 0. The van der Waals surface area contributed by atoms with Gasteiger partial charge in [-0.1, -0.05) is 0 Å². The van der Waals surface area contributed by atoms with Gasteiger partial charge in [0.2, 0.25) is 5.91 Å². The zero-order valence-corrected chi connectivity index (χ0v) is 15.3. The molecule has 1 amide bonds. The number of carbonyl (C=O) groups excluding carboxylic acids is 1. The van der Waals surface area contributed by atoms with E-state index in [0.29, 0.717) is 5.82 Å². The second-order valence-electron chi connectivity index (χ2n) is 6.22. The number of nitro groups is 1. The molecule has 0 radical (unpaired) electrons. The molecular weight excluding hydrogens is 401 g/mol. The predicted molar refractivity (Wildman–Crippen MR) is 99.6 cm³/mol. The highest BCUT2D eigenvalue weighted by Gasteiger charge is 2.17. The third-order valence-corrected chi connectivity index (χ3v) is 4.25. The number of benzene rings is 2. The summed E-state index contributed by atoms with van der Waals surface area (Å²) >= 11 is 0. The molecule has 152 valence electrons. The van der Waals surface area contributed by atoms with Crippen molar-refractivity contribution in [3.63, 3.8) is 0 Å². The van der Waals surface area contributed by atoms with Crippen LogP contribution in [0.1, 0.15) is 5.82 Å². The Bertz CT molecular complexity index is 1360. The highest BCUT2D eigenvalue weighted by molar-refractivity contribution is 5.91. The van der Waals surface area contributed by atoms with Gasteiger partial charge in [-0.15, -0.1) is 5.10 Å². The normalized spacial score (nSPS) is 11.0. The Kier molecular flexibility index (Phi) is 4.54. The lowest BCUT2D eigenvalue weighted by molar-refractivity contribution is -0.384. The van der Waals surface area contributed by atoms with Crippen LogP contribution in [-0.2, 0) is 11.3 Å². The van der Waals surface area contributed by atoms with E-state index in [4.69, 9.17) is 4.42 Å². The van der Waals surface area contributed by atoms with Gasteiger partial charge in [0.05, 0.1) is 16.5 Å². The van der Waals surface area contributed by atoms with E-state index in [1.807, 2.05) is 0 Å². The quantitative estimate of drug-likeness (QED) is 0.382. The van der Waals surface area contributed by atoms with Gasteiger partial charge in [-0.2, -0.15) is 4.68 Å². The number of tetrazole rings is 1. The summed E-state index contributed by atoms with van der Waals surface area (Å²) in [6.45, 7) is 1.17. The molecule has 0 unspecified atom stereocenters. The van der Waals surface area contributed by atoms with Crippen LogP contribution in [0.3, 0.4) is 0 Å². The van der Waals surface area contributed by atoms with Crippen LogP contribution >= 0.6 is 0 Å². The fraction of sp³-hybridized carbons (Fsp3) is 0.118. The standard InChI is InChI=1S/C17H12FN7O5/c1-9-20-21-22-24(9)14-6-10(2-4-12(14)18)19-16(26)8-23-13-5-3-11(25(28)29)7-15(13)30-17(23)27/h2-7H,8H2,1H3,(H,19,26). The lowest BCUT2D eigenvalue weighted by Crippen LogP contribution is -2.24. The van der Waals surface area contributed by atoms with Crippen LogP contribution in [0.15, 0.2) is 45.6 Å². The number of anilines is 1. The van der Waals surface area contributed by atoms with Crippen molar-refractivity contribution in [3.05, 3.63) is 68.7 Å². The molecule has 0 spiro atoms. The Morgan fingerprint density at radius 3 is 2.80 bits per heavy atom. The Morgan fingerprint density at radius 2 is 2.10 bits per heavy atom. The highest BCUT2D eigenvalue weighted by Crippen LogP contribution is 2.21. The van der Waals surface area contributed by atoms with E-state index in [-0.39, 0.29) is 28.2 Å². The molecule has 2 aromatic heterocycles. The van der Waals surface area contributed by atoms with Gasteiger partial charge >= 0.3 is 5.76 Å². The SMILES string of the molecule is Cc1nnnn1-c1cc(NC(=O)Cn2c(=O)oc3cc([N+](=O)[O-])ccc32)ccc1F. The first-order valence-corrected chi connectivity index (χ1v) is 8.46. The van der Waals surface area contributed by atoms with Gasteiger partial charge in [-0.3, -0.25) is 19.5 Å². The van der Waals surface area contributed by atoms with Gasteiger partial charge < -0.3 is 9.73 Å². The molecule has 13 heteroatoms. The maximum Gasteiger partial charge on any atom is 0.420 e. The largest absolute Gasteiger partial charge is 0.420 e. The number of amides is 1. The number of oxazole rings is 1. The number of fused-ring (bicyclic) bond motifs is 1. The molecule has 0 aliphatic carbocycles. The molecule has 0 aliphatic rings. The van der Waals surface area contributed by atoms with Crippen molar-refractivity contribution < 1.29 is 18.5 Å². The Hall–Kier alpha value is -4.42. The Morgan fingerprint density at radius 1 is 1.30 bits per heavy atom. The molecule has 1 N–H and O–H groups in total. The van der Waals surface area contributed by atoms with Gasteiger partial charge in [0.25, 0.3) is 5.69 Å². The van der Waals surface area contributed by atoms with Gasteiger partial charge in [0, 0.05) is 11.8 Å². The summed E-state index contributed by atoms with van der Waals surface area (Å²) in [5, 5.41) is 24.2. The first-order chi connectivity index (χ1) is 14.3. The van der Waals surface area contributed by atoms with Gasteiger partial charge in [0.1, 0.15) is 18.0 Å². The Labute approximate surface area is 165 Å². The van der Waals surface area contributed by atoms with Crippen molar-refractivity contribution in [2.24, 2.45) is 0 Å². The molecule has 12 nitrogen and oxygen atoms in total. The number of nitro benzene ring substituents is 1. The second kappa shape index (κ2) is 7.20. The van der Waals surface area contributed by atoms with E-state index in [9.17, 15) is 24.1 Å². The number of halogens is 1. The molecule has 2 aromatic carbocycles. The number of aromatic nitrogens is 5. The molecule has 0 fully saturated rings. The number of nitrogens with one attached hydrogen (secondary N) is 1. The van der Waals surface area contributed by atoms with Crippen LogP contribution in [0.2, 0.25) is 0 Å². The van der Waals surface area contributed by atoms with Gasteiger partial charge in [-0.05, 0) is 41.6 Å². The number of hydrogen-bond donors (Lipinski definition) is 1. The van der Waals surface area contributed by atoms with E-state index < -0.39 is 28.9 Å². The van der Waals surface area contributed by atoms with E-state index >= 15 is 0 Å². The maximum absolute atomic E-state index is 14.1. The molecule has 0 saturated carbocycles. The van der Waals surface area contributed by atoms with Crippen LogP contribution in [0.5, 0.6) is 0 Å².